The van der Waals surface area contributed by atoms with Crippen molar-refractivity contribution in [3.05, 3.63) is 62.9 Å². The summed E-state index contributed by atoms with van der Waals surface area (Å²) >= 11 is 0. The predicted octanol–water partition coefficient (Wildman–Crippen LogP) is 6.87. The van der Waals surface area contributed by atoms with Crippen LogP contribution in [0.4, 0.5) is 13.2 Å². The van der Waals surface area contributed by atoms with Crippen molar-refractivity contribution in [1.82, 2.24) is 0 Å². The van der Waals surface area contributed by atoms with E-state index >= 15 is 0 Å². The Kier molecular flexibility index (Phi) is 9.07. The quantitative estimate of drug-likeness (QED) is 0.317. The average molecular weight is 426 g/mol. The van der Waals surface area contributed by atoms with Crippen LogP contribution in [-0.4, -0.2) is 17.2 Å². The summed E-state index contributed by atoms with van der Waals surface area (Å²) in [5.41, 5.74) is 1.14. The third kappa shape index (κ3) is 5.37. The maximum absolute atomic E-state index is 13.5. The molecule has 0 nitrogen and oxygen atoms in total. The van der Waals surface area contributed by atoms with Gasteiger partial charge in [-0.2, -0.15) is 13.2 Å². The Morgan fingerprint density at radius 1 is 0.880 bits per heavy atom. The van der Waals surface area contributed by atoms with Gasteiger partial charge < -0.3 is 0 Å². The molecule has 136 valence electrons. The summed E-state index contributed by atoms with van der Waals surface area (Å²) in [6.45, 7) is 2.03. The zero-order chi connectivity index (χ0) is 17.2. The maximum Gasteiger partial charge on any atom is 2.00 e. The van der Waals surface area contributed by atoms with Crippen molar-refractivity contribution in [2.75, 3.05) is 0 Å². The fourth-order valence-electron chi connectivity index (χ4n) is 3.82. The fraction of sp³-hybridized carbons (Fsp3) is 0.474. The van der Waals surface area contributed by atoms with Crippen LogP contribution in [0.15, 0.2) is 0 Å². The van der Waals surface area contributed by atoms with Gasteiger partial charge in [0.15, 0.2) is 0 Å². The van der Waals surface area contributed by atoms with Crippen molar-refractivity contribution in [3.8, 4) is 0 Å². The van der Waals surface area contributed by atoms with Crippen LogP contribution in [0.5, 0.6) is 0 Å². The van der Waals surface area contributed by atoms with Crippen LogP contribution < -0.4 is 0 Å². The van der Waals surface area contributed by atoms with Crippen molar-refractivity contribution < 1.29 is 30.2 Å². The van der Waals surface area contributed by atoms with E-state index in [9.17, 15) is 13.2 Å². The molecule has 1 saturated heterocycles. The molecule has 6 heteroatoms. The monoisotopic (exact) mass is 426 g/mol. The maximum atomic E-state index is 13.5. The first-order chi connectivity index (χ1) is 11.5. The standard InChI is InChI=1S/C14H18F3P2.C5H5.Fe/c1-10-12-8-5-9-13(12)19(14(15,16)17)18(10)11-6-3-2-4-7-11;1-2-4-5-3-1;/h5,8-11H,2-4,6-7H2,1H3;1-5H;/q;;+2/t10-,18-,19+;;/m1../s1. The van der Waals surface area contributed by atoms with Gasteiger partial charge in [0.2, 0.25) is 0 Å². The number of alkyl halides is 3. The fourth-order valence-corrected chi connectivity index (χ4v) is 13.3. The average Bonchev–Trinajstić information content (AvgIpc) is 3.27. The molecule has 0 aromatic rings. The molecular formula is C19H23F3FeP2+2. The first-order valence-corrected chi connectivity index (χ1v) is 12.1. The molecule has 0 unspecified atom stereocenters. The van der Waals surface area contributed by atoms with Crippen LogP contribution >= 0.6 is 15.2 Å². The van der Waals surface area contributed by atoms with Gasteiger partial charge in [-0.05, 0) is 81.4 Å². The topological polar surface area (TPSA) is 0 Å². The molecular weight excluding hydrogens is 403 g/mol. The van der Waals surface area contributed by atoms with Crippen LogP contribution in [0.1, 0.15) is 39.0 Å². The number of hydrogen-bond acceptors (Lipinski definition) is 0. The summed E-state index contributed by atoms with van der Waals surface area (Å²) in [6, 6.07) is 0. The Morgan fingerprint density at radius 2 is 1.44 bits per heavy atom. The van der Waals surface area contributed by atoms with Gasteiger partial charge in [0.05, 0.1) is 0 Å². The minimum Gasteiger partial charge on any atom is -0.167 e. The minimum atomic E-state index is -4.01. The largest absolute Gasteiger partial charge is 2.00 e. The number of halogens is 3. The zero-order valence-corrected chi connectivity index (χ0v) is 17.1. The third-order valence-corrected chi connectivity index (χ3v) is 13.7. The number of fused-ring (bicyclic) bond motifs is 1. The van der Waals surface area contributed by atoms with Crippen LogP contribution in [-0.2, 0) is 17.1 Å². The second kappa shape index (κ2) is 10.1. The molecule has 4 rings (SSSR count). The van der Waals surface area contributed by atoms with Crippen LogP contribution in [0.25, 0.3) is 0 Å². The zero-order valence-electron chi connectivity index (χ0n) is 14.2. The van der Waals surface area contributed by atoms with Gasteiger partial charge in [-0.3, -0.25) is 0 Å². The second-order valence-electron chi connectivity index (χ2n) is 6.46. The second-order valence-corrected chi connectivity index (χ2v) is 12.9. The Balaban J connectivity index is 0.000000325. The Morgan fingerprint density at radius 3 is 1.96 bits per heavy atom. The van der Waals surface area contributed by atoms with E-state index in [2.05, 4.69) is 0 Å². The summed E-state index contributed by atoms with van der Waals surface area (Å²) in [4.78, 5) is 0. The van der Waals surface area contributed by atoms with E-state index in [1.165, 1.54) is 6.42 Å². The molecule has 3 atom stereocenters. The molecule has 0 aromatic carbocycles. The van der Waals surface area contributed by atoms with E-state index in [1.54, 1.807) is 12.8 Å². The summed E-state index contributed by atoms with van der Waals surface area (Å²) in [7, 11) is -2.85. The van der Waals surface area contributed by atoms with E-state index in [0.717, 1.165) is 31.6 Å². The minimum absolute atomic E-state index is 0. The van der Waals surface area contributed by atoms with Gasteiger partial charge in [-0.25, -0.2) is 0 Å². The molecule has 0 spiro atoms. The van der Waals surface area contributed by atoms with Crippen molar-refractivity contribution in [3.63, 3.8) is 0 Å². The van der Waals surface area contributed by atoms with Crippen LogP contribution in [0.3, 0.4) is 0 Å². The molecule has 4 fully saturated rings. The van der Waals surface area contributed by atoms with Crippen molar-refractivity contribution in [2.45, 2.75) is 56.3 Å². The molecule has 0 amide bonds. The van der Waals surface area contributed by atoms with Gasteiger partial charge in [-0.1, -0.05) is 33.8 Å². The van der Waals surface area contributed by atoms with E-state index in [1.807, 2.05) is 45.4 Å². The summed E-state index contributed by atoms with van der Waals surface area (Å²) < 4.78 is 40.6. The van der Waals surface area contributed by atoms with Crippen LogP contribution in [0, 0.1) is 62.9 Å². The molecule has 25 heavy (non-hydrogen) atoms. The predicted molar refractivity (Wildman–Crippen MR) is 97.1 cm³/mol. The van der Waals surface area contributed by atoms with E-state index in [-0.39, 0.29) is 22.7 Å². The molecule has 10 radical (unpaired) electrons. The number of rotatable bonds is 1. The van der Waals surface area contributed by atoms with Gasteiger partial charge in [0.25, 0.3) is 0 Å². The number of hydrogen-bond donors (Lipinski definition) is 0. The summed E-state index contributed by atoms with van der Waals surface area (Å²) in [5.74, 6) is -3.01. The molecule has 0 bridgehead atoms. The van der Waals surface area contributed by atoms with Crippen molar-refractivity contribution >= 4 is 15.2 Å². The van der Waals surface area contributed by atoms with Gasteiger partial charge >= 0.3 is 23.0 Å². The molecule has 0 N–H and O–H groups in total. The third-order valence-electron chi connectivity index (χ3n) is 4.88. The Labute approximate surface area is 164 Å². The first-order valence-electron chi connectivity index (χ1n) is 8.57. The van der Waals surface area contributed by atoms with Gasteiger partial charge in [-0.15, -0.1) is 0 Å². The van der Waals surface area contributed by atoms with Gasteiger partial charge in [0.1, 0.15) is 0 Å². The van der Waals surface area contributed by atoms with E-state index < -0.39 is 21.1 Å². The Bertz CT molecular complexity index is 385. The molecule has 3 saturated carbocycles. The molecule has 3 aliphatic carbocycles. The van der Waals surface area contributed by atoms with E-state index in [4.69, 9.17) is 0 Å². The molecule has 0 aromatic heterocycles. The summed E-state index contributed by atoms with van der Waals surface area (Å²) in [5, 5.41) is 0. The molecule has 1 heterocycles. The molecule has 4 aliphatic rings. The van der Waals surface area contributed by atoms with E-state index in [0.29, 0.717) is 11.3 Å². The summed E-state index contributed by atoms with van der Waals surface area (Å²) in [6.07, 6.45) is 21.0. The Hall–Kier alpha value is 1.17. The molecule has 1 aliphatic heterocycles. The van der Waals surface area contributed by atoms with Crippen LogP contribution in [0.2, 0.25) is 0 Å². The van der Waals surface area contributed by atoms with Crippen molar-refractivity contribution in [1.29, 1.82) is 0 Å². The normalized spacial score (nSPS) is 34.3. The SMILES string of the molecule is C[C@@H]1[C]2[CH][CH][CH][C]2[P@@](C(F)(F)F)[P@@]1C1CCCCC1.[CH]1[CH][CH][CH][CH]1.[Fe+2]. The first kappa shape index (κ1) is 22.5. The smallest absolute Gasteiger partial charge is 0.167 e. The van der Waals surface area contributed by atoms with Crippen molar-refractivity contribution in [2.24, 2.45) is 0 Å². The van der Waals surface area contributed by atoms with Gasteiger partial charge in [0, 0.05) is 13.3 Å².